The SMILES string of the molecule is Cc1cnc(N[C@@H]2CCC[C@H]2N(C)C)nc1N(C)C. The molecule has 0 radical (unpaired) electrons. The maximum absolute atomic E-state index is 4.61. The van der Waals surface area contributed by atoms with Crippen LogP contribution in [0.1, 0.15) is 24.8 Å². The molecule has 2 rings (SSSR count). The van der Waals surface area contributed by atoms with Crippen LogP contribution >= 0.6 is 0 Å². The molecule has 19 heavy (non-hydrogen) atoms. The summed E-state index contributed by atoms with van der Waals surface area (Å²) in [6.07, 6.45) is 5.60. The second-order valence-electron chi connectivity index (χ2n) is 5.81. The van der Waals surface area contributed by atoms with E-state index >= 15 is 0 Å². The molecule has 1 aromatic rings. The summed E-state index contributed by atoms with van der Waals surface area (Å²) < 4.78 is 0. The Kier molecular flexibility index (Phi) is 4.24. The first-order chi connectivity index (χ1) is 8.99. The van der Waals surface area contributed by atoms with Gasteiger partial charge < -0.3 is 15.1 Å². The number of anilines is 2. The van der Waals surface area contributed by atoms with Gasteiger partial charge in [-0.1, -0.05) is 0 Å². The summed E-state index contributed by atoms with van der Waals surface area (Å²) in [6.45, 7) is 2.04. The van der Waals surface area contributed by atoms with Crippen molar-refractivity contribution >= 4 is 11.8 Å². The molecule has 1 aromatic heterocycles. The van der Waals surface area contributed by atoms with Crippen molar-refractivity contribution in [1.82, 2.24) is 14.9 Å². The van der Waals surface area contributed by atoms with E-state index < -0.39 is 0 Å². The molecular formula is C14H25N5. The van der Waals surface area contributed by atoms with E-state index in [2.05, 4.69) is 34.3 Å². The lowest BCUT2D eigenvalue weighted by Gasteiger charge is -2.27. The number of aromatic nitrogens is 2. The number of hydrogen-bond donors (Lipinski definition) is 1. The summed E-state index contributed by atoms with van der Waals surface area (Å²) in [6, 6.07) is 1.03. The molecule has 2 atom stereocenters. The summed E-state index contributed by atoms with van der Waals surface area (Å²) in [5.41, 5.74) is 1.10. The highest BCUT2D eigenvalue weighted by atomic mass is 15.2. The highest BCUT2D eigenvalue weighted by molar-refractivity contribution is 5.47. The summed E-state index contributed by atoms with van der Waals surface area (Å²) in [7, 11) is 8.31. The molecule has 0 aliphatic heterocycles. The molecule has 1 aliphatic rings. The molecule has 1 aliphatic carbocycles. The highest BCUT2D eigenvalue weighted by Crippen LogP contribution is 2.25. The summed E-state index contributed by atoms with van der Waals surface area (Å²) in [4.78, 5) is 13.4. The van der Waals surface area contributed by atoms with Crippen molar-refractivity contribution in [2.45, 2.75) is 38.3 Å². The maximum Gasteiger partial charge on any atom is 0.224 e. The second-order valence-corrected chi connectivity index (χ2v) is 5.81. The fourth-order valence-electron chi connectivity index (χ4n) is 2.85. The predicted molar refractivity (Wildman–Crippen MR) is 79.8 cm³/mol. The molecule has 1 heterocycles. The van der Waals surface area contributed by atoms with E-state index in [0.29, 0.717) is 12.1 Å². The third-order valence-electron chi connectivity index (χ3n) is 3.83. The quantitative estimate of drug-likeness (QED) is 0.896. The standard InChI is InChI=1S/C14H25N5/c1-10-9-15-14(17-13(10)19(4)5)16-11-7-6-8-12(11)18(2)3/h9,11-12H,6-8H2,1-5H3,(H,15,16,17)/t11-,12-/m1/s1. The minimum absolute atomic E-state index is 0.452. The average molecular weight is 263 g/mol. The van der Waals surface area contributed by atoms with Crippen LogP contribution in [-0.4, -0.2) is 55.1 Å². The van der Waals surface area contributed by atoms with Gasteiger partial charge in [0.25, 0.3) is 0 Å². The minimum Gasteiger partial charge on any atom is -0.362 e. The monoisotopic (exact) mass is 263 g/mol. The van der Waals surface area contributed by atoms with Gasteiger partial charge in [0.05, 0.1) is 0 Å². The van der Waals surface area contributed by atoms with Crippen molar-refractivity contribution < 1.29 is 0 Å². The lowest BCUT2D eigenvalue weighted by atomic mass is 10.1. The van der Waals surface area contributed by atoms with E-state index in [4.69, 9.17) is 0 Å². The van der Waals surface area contributed by atoms with Crippen molar-refractivity contribution in [3.8, 4) is 0 Å². The smallest absolute Gasteiger partial charge is 0.224 e. The Morgan fingerprint density at radius 1 is 1.21 bits per heavy atom. The summed E-state index contributed by atoms with van der Waals surface area (Å²) >= 11 is 0. The number of hydrogen-bond acceptors (Lipinski definition) is 5. The van der Waals surface area contributed by atoms with E-state index in [-0.39, 0.29) is 0 Å². The Bertz CT molecular complexity index is 430. The third-order valence-corrected chi connectivity index (χ3v) is 3.83. The molecule has 1 N–H and O–H groups in total. The van der Waals surface area contributed by atoms with Crippen LogP contribution in [-0.2, 0) is 0 Å². The number of aryl methyl sites for hydroxylation is 1. The molecule has 5 heteroatoms. The molecule has 0 amide bonds. The van der Waals surface area contributed by atoms with Gasteiger partial charge in [0.1, 0.15) is 5.82 Å². The van der Waals surface area contributed by atoms with Crippen LogP contribution in [0, 0.1) is 6.92 Å². The summed E-state index contributed by atoms with van der Waals surface area (Å²) in [5, 5.41) is 3.50. The van der Waals surface area contributed by atoms with Crippen molar-refractivity contribution in [3.05, 3.63) is 11.8 Å². The van der Waals surface area contributed by atoms with Crippen LogP contribution in [0.25, 0.3) is 0 Å². The first kappa shape index (κ1) is 14.1. The number of nitrogens with one attached hydrogen (secondary N) is 1. The maximum atomic E-state index is 4.61. The topological polar surface area (TPSA) is 44.3 Å². The van der Waals surface area contributed by atoms with Crippen LogP contribution in [0.3, 0.4) is 0 Å². The van der Waals surface area contributed by atoms with Crippen molar-refractivity contribution in [2.75, 3.05) is 38.4 Å². The number of rotatable bonds is 4. The van der Waals surface area contributed by atoms with Crippen LogP contribution in [0.5, 0.6) is 0 Å². The Hall–Kier alpha value is -1.36. The van der Waals surface area contributed by atoms with Gasteiger partial charge in [0.15, 0.2) is 0 Å². The van der Waals surface area contributed by atoms with E-state index in [0.717, 1.165) is 17.3 Å². The van der Waals surface area contributed by atoms with E-state index in [1.807, 2.05) is 32.1 Å². The van der Waals surface area contributed by atoms with Gasteiger partial charge in [0, 0.05) is 37.9 Å². The van der Waals surface area contributed by atoms with Gasteiger partial charge in [-0.2, -0.15) is 4.98 Å². The molecule has 0 unspecified atom stereocenters. The van der Waals surface area contributed by atoms with E-state index in [9.17, 15) is 0 Å². The Labute approximate surface area is 116 Å². The third kappa shape index (κ3) is 3.15. The highest BCUT2D eigenvalue weighted by Gasteiger charge is 2.29. The zero-order valence-corrected chi connectivity index (χ0v) is 12.6. The van der Waals surface area contributed by atoms with Crippen molar-refractivity contribution in [3.63, 3.8) is 0 Å². The zero-order valence-electron chi connectivity index (χ0n) is 12.6. The molecule has 1 fully saturated rings. The van der Waals surface area contributed by atoms with E-state index in [1.165, 1.54) is 19.3 Å². The molecule has 5 nitrogen and oxygen atoms in total. The van der Waals surface area contributed by atoms with E-state index in [1.54, 1.807) is 0 Å². The fourth-order valence-corrected chi connectivity index (χ4v) is 2.85. The average Bonchev–Trinajstić information content (AvgIpc) is 2.79. The lowest BCUT2D eigenvalue weighted by molar-refractivity contribution is 0.284. The second kappa shape index (κ2) is 5.74. The zero-order chi connectivity index (χ0) is 14.0. The molecule has 0 saturated heterocycles. The van der Waals surface area contributed by atoms with Gasteiger partial charge in [-0.25, -0.2) is 4.98 Å². The first-order valence-corrected chi connectivity index (χ1v) is 6.93. The Balaban J connectivity index is 2.13. The largest absolute Gasteiger partial charge is 0.362 e. The molecule has 106 valence electrons. The van der Waals surface area contributed by atoms with Gasteiger partial charge >= 0.3 is 0 Å². The van der Waals surface area contributed by atoms with Crippen molar-refractivity contribution in [2.24, 2.45) is 0 Å². The normalized spacial score (nSPS) is 22.8. The van der Waals surface area contributed by atoms with Crippen LogP contribution in [0.2, 0.25) is 0 Å². The van der Waals surface area contributed by atoms with Gasteiger partial charge in [-0.3, -0.25) is 0 Å². The molecule has 0 aromatic carbocycles. The van der Waals surface area contributed by atoms with Crippen LogP contribution in [0.4, 0.5) is 11.8 Å². The molecule has 1 saturated carbocycles. The fraction of sp³-hybridized carbons (Fsp3) is 0.714. The van der Waals surface area contributed by atoms with Crippen molar-refractivity contribution in [1.29, 1.82) is 0 Å². The van der Waals surface area contributed by atoms with Gasteiger partial charge in [-0.05, 0) is 40.3 Å². The number of nitrogens with zero attached hydrogens (tertiary/aromatic N) is 4. The first-order valence-electron chi connectivity index (χ1n) is 6.93. The van der Waals surface area contributed by atoms with Crippen LogP contribution < -0.4 is 10.2 Å². The number of likely N-dealkylation sites (N-methyl/N-ethyl adjacent to an activating group) is 1. The Morgan fingerprint density at radius 3 is 2.58 bits per heavy atom. The molecule has 0 spiro atoms. The minimum atomic E-state index is 0.452. The van der Waals surface area contributed by atoms with Gasteiger partial charge in [-0.15, -0.1) is 0 Å². The molecule has 0 bridgehead atoms. The Morgan fingerprint density at radius 2 is 1.95 bits per heavy atom. The lowest BCUT2D eigenvalue weighted by Crippen LogP contribution is -2.39. The van der Waals surface area contributed by atoms with Crippen LogP contribution in [0.15, 0.2) is 6.20 Å². The predicted octanol–water partition coefficient (Wildman–Crippen LogP) is 1.75. The summed E-state index contributed by atoms with van der Waals surface area (Å²) in [5.74, 6) is 1.73. The molecular weight excluding hydrogens is 238 g/mol. The van der Waals surface area contributed by atoms with Gasteiger partial charge in [0.2, 0.25) is 5.95 Å².